The summed E-state index contributed by atoms with van der Waals surface area (Å²) in [6, 6.07) is 6.58. The molecule has 90 valence electrons. The average molecular weight is 379 g/mol. The quantitative estimate of drug-likeness (QED) is 0.800. The van der Waals surface area contributed by atoms with Crippen molar-refractivity contribution >= 4 is 43.2 Å². The zero-order valence-electron chi connectivity index (χ0n) is 9.01. The lowest BCUT2D eigenvalue weighted by Gasteiger charge is -2.12. The fourth-order valence-corrected chi connectivity index (χ4v) is 4.55. The maximum absolute atomic E-state index is 13.8. The maximum Gasteiger partial charge on any atom is 0.128 e. The first-order valence-corrected chi connectivity index (χ1v) is 7.35. The second-order valence-electron chi connectivity index (χ2n) is 3.78. The molecule has 2 rings (SSSR count). The van der Waals surface area contributed by atoms with E-state index in [1.165, 1.54) is 17.4 Å². The summed E-state index contributed by atoms with van der Waals surface area (Å²) in [6.45, 7) is 1.86. The molecule has 0 aliphatic carbocycles. The third kappa shape index (κ3) is 2.78. The molecule has 0 saturated carbocycles. The van der Waals surface area contributed by atoms with Crippen LogP contribution < -0.4 is 5.73 Å². The molecule has 0 fully saturated rings. The van der Waals surface area contributed by atoms with Gasteiger partial charge in [-0.2, -0.15) is 0 Å². The van der Waals surface area contributed by atoms with Gasteiger partial charge in [0.1, 0.15) is 5.82 Å². The van der Waals surface area contributed by atoms with Crippen molar-refractivity contribution in [1.82, 2.24) is 0 Å². The minimum Gasteiger partial charge on any atom is -0.320 e. The second-order valence-corrected chi connectivity index (χ2v) is 7.53. The van der Waals surface area contributed by atoms with E-state index in [2.05, 4.69) is 31.9 Å². The number of benzene rings is 1. The second kappa shape index (κ2) is 5.18. The Morgan fingerprint density at radius 1 is 1.24 bits per heavy atom. The summed E-state index contributed by atoms with van der Waals surface area (Å²) >= 11 is 8.37. The van der Waals surface area contributed by atoms with Crippen molar-refractivity contribution in [2.24, 2.45) is 5.73 Å². The van der Waals surface area contributed by atoms with Crippen LogP contribution in [0.1, 0.15) is 22.7 Å². The Balaban J connectivity index is 2.43. The van der Waals surface area contributed by atoms with E-state index >= 15 is 0 Å². The molecule has 1 aromatic heterocycles. The highest BCUT2D eigenvalue weighted by molar-refractivity contribution is 9.12. The Morgan fingerprint density at radius 3 is 2.47 bits per heavy atom. The highest BCUT2D eigenvalue weighted by Gasteiger charge is 2.18. The SMILES string of the molecule is Cc1ccc(C(N)c2cc(Br)sc2Br)c(F)c1. The summed E-state index contributed by atoms with van der Waals surface area (Å²) in [7, 11) is 0. The minimum absolute atomic E-state index is 0.258. The van der Waals surface area contributed by atoms with E-state index in [4.69, 9.17) is 5.73 Å². The molecule has 0 aliphatic heterocycles. The fraction of sp³-hybridized carbons (Fsp3) is 0.167. The van der Waals surface area contributed by atoms with Crippen molar-refractivity contribution in [3.8, 4) is 0 Å². The summed E-state index contributed by atoms with van der Waals surface area (Å²) in [5.74, 6) is -0.258. The normalized spacial score (nSPS) is 12.8. The highest BCUT2D eigenvalue weighted by atomic mass is 79.9. The van der Waals surface area contributed by atoms with Crippen molar-refractivity contribution < 1.29 is 4.39 Å². The van der Waals surface area contributed by atoms with E-state index in [1.807, 2.05) is 19.1 Å². The van der Waals surface area contributed by atoms with Crippen LogP contribution in [0.4, 0.5) is 4.39 Å². The van der Waals surface area contributed by atoms with E-state index < -0.39 is 6.04 Å². The van der Waals surface area contributed by atoms with E-state index in [9.17, 15) is 4.39 Å². The molecule has 2 N–H and O–H groups in total. The van der Waals surface area contributed by atoms with Gasteiger partial charge in [-0.25, -0.2) is 4.39 Å². The van der Waals surface area contributed by atoms with E-state index in [1.54, 1.807) is 6.07 Å². The molecule has 1 aromatic carbocycles. The monoisotopic (exact) mass is 377 g/mol. The van der Waals surface area contributed by atoms with Gasteiger partial charge >= 0.3 is 0 Å². The summed E-state index contributed by atoms with van der Waals surface area (Å²) in [5, 5.41) is 0. The number of thiophene rings is 1. The first-order valence-electron chi connectivity index (χ1n) is 4.95. The van der Waals surface area contributed by atoms with Crippen molar-refractivity contribution in [3.05, 3.63) is 54.3 Å². The summed E-state index contributed by atoms with van der Waals surface area (Å²) < 4.78 is 15.7. The Bertz CT molecular complexity index is 553. The van der Waals surface area contributed by atoms with Crippen LogP contribution in [0.5, 0.6) is 0 Å². The molecule has 0 bridgehead atoms. The molecule has 0 saturated heterocycles. The number of rotatable bonds is 2. The Morgan fingerprint density at radius 2 is 1.94 bits per heavy atom. The van der Waals surface area contributed by atoms with Crippen molar-refractivity contribution in [3.63, 3.8) is 0 Å². The lowest BCUT2D eigenvalue weighted by molar-refractivity contribution is 0.598. The van der Waals surface area contributed by atoms with Crippen LogP contribution in [-0.4, -0.2) is 0 Å². The van der Waals surface area contributed by atoms with Crippen LogP contribution in [0.15, 0.2) is 31.8 Å². The van der Waals surface area contributed by atoms with Gasteiger partial charge in [-0.15, -0.1) is 11.3 Å². The Labute approximate surface area is 120 Å². The van der Waals surface area contributed by atoms with Gasteiger partial charge in [0.15, 0.2) is 0 Å². The molecule has 0 spiro atoms. The van der Waals surface area contributed by atoms with Crippen molar-refractivity contribution in [1.29, 1.82) is 0 Å². The number of hydrogen-bond donors (Lipinski definition) is 1. The first kappa shape index (κ1) is 13.2. The molecule has 2 aromatic rings. The van der Waals surface area contributed by atoms with Crippen LogP contribution >= 0.6 is 43.2 Å². The predicted molar refractivity (Wildman–Crippen MR) is 76.9 cm³/mol. The molecule has 1 atom stereocenters. The van der Waals surface area contributed by atoms with Gasteiger partial charge in [-0.3, -0.25) is 0 Å². The van der Waals surface area contributed by atoms with Gasteiger partial charge in [-0.1, -0.05) is 12.1 Å². The lowest BCUT2D eigenvalue weighted by Crippen LogP contribution is -2.13. The first-order chi connectivity index (χ1) is 7.99. The fourth-order valence-electron chi connectivity index (χ4n) is 1.62. The molecular formula is C12H10Br2FNS. The van der Waals surface area contributed by atoms with E-state index in [0.29, 0.717) is 5.56 Å². The van der Waals surface area contributed by atoms with Gasteiger partial charge in [-0.05, 0) is 62.0 Å². The number of hydrogen-bond acceptors (Lipinski definition) is 2. The van der Waals surface area contributed by atoms with Crippen LogP contribution in [0.3, 0.4) is 0 Å². The van der Waals surface area contributed by atoms with Gasteiger partial charge in [0.05, 0.1) is 13.6 Å². The van der Waals surface area contributed by atoms with E-state index in [0.717, 1.165) is 18.7 Å². The minimum atomic E-state index is -0.451. The zero-order chi connectivity index (χ0) is 12.6. The summed E-state index contributed by atoms with van der Waals surface area (Å²) in [4.78, 5) is 0. The van der Waals surface area contributed by atoms with Gasteiger partial charge in [0.2, 0.25) is 0 Å². The topological polar surface area (TPSA) is 26.0 Å². The lowest BCUT2D eigenvalue weighted by atomic mass is 10.0. The maximum atomic E-state index is 13.8. The van der Waals surface area contributed by atoms with Gasteiger partial charge in [0, 0.05) is 5.56 Å². The molecule has 1 nitrogen and oxygen atoms in total. The van der Waals surface area contributed by atoms with Crippen LogP contribution in [-0.2, 0) is 0 Å². The molecule has 0 amide bonds. The zero-order valence-corrected chi connectivity index (χ0v) is 13.0. The molecule has 1 unspecified atom stereocenters. The number of nitrogens with two attached hydrogens (primary N) is 1. The summed E-state index contributed by atoms with van der Waals surface area (Å²) in [5.41, 5.74) is 8.40. The standard InChI is InChI=1S/C12H10Br2FNS/c1-6-2-3-7(9(15)4-6)11(16)8-5-10(13)17-12(8)14/h2-5,11H,16H2,1H3. The molecule has 0 radical (unpaired) electrons. The smallest absolute Gasteiger partial charge is 0.128 e. The predicted octanol–water partition coefficient (Wildman–Crippen LogP) is 4.77. The largest absolute Gasteiger partial charge is 0.320 e. The molecule has 1 heterocycles. The Hall–Kier alpha value is -0.230. The number of halogens is 3. The average Bonchev–Trinajstić information content (AvgIpc) is 2.57. The van der Waals surface area contributed by atoms with Crippen molar-refractivity contribution in [2.75, 3.05) is 0 Å². The number of aryl methyl sites for hydroxylation is 1. The molecule has 17 heavy (non-hydrogen) atoms. The van der Waals surface area contributed by atoms with Crippen LogP contribution in [0, 0.1) is 12.7 Å². The Kier molecular flexibility index (Phi) is 4.02. The third-order valence-electron chi connectivity index (χ3n) is 2.51. The summed E-state index contributed by atoms with van der Waals surface area (Å²) in [6.07, 6.45) is 0. The molecule has 0 aliphatic rings. The molecule has 5 heteroatoms. The van der Waals surface area contributed by atoms with Gasteiger partial charge < -0.3 is 5.73 Å². The molecular weight excluding hydrogens is 369 g/mol. The van der Waals surface area contributed by atoms with Gasteiger partial charge in [0.25, 0.3) is 0 Å². The van der Waals surface area contributed by atoms with Crippen molar-refractivity contribution in [2.45, 2.75) is 13.0 Å². The van der Waals surface area contributed by atoms with Crippen LogP contribution in [0.25, 0.3) is 0 Å². The van der Waals surface area contributed by atoms with Crippen LogP contribution in [0.2, 0.25) is 0 Å². The van der Waals surface area contributed by atoms with E-state index in [-0.39, 0.29) is 5.82 Å². The highest BCUT2D eigenvalue weighted by Crippen LogP contribution is 2.37. The third-order valence-corrected chi connectivity index (χ3v) is 4.89.